The van der Waals surface area contributed by atoms with Crippen molar-refractivity contribution in [3.63, 3.8) is 0 Å². The molecule has 0 aromatic carbocycles. The van der Waals surface area contributed by atoms with Crippen LogP contribution in [0.25, 0.3) is 0 Å². The number of unbranched alkanes of at least 4 members (excludes halogenated alkanes) is 15. The number of hydrogen-bond acceptors (Lipinski definition) is 6. The van der Waals surface area contributed by atoms with Crippen LogP contribution in [0.1, 0.15) is 239 Å². The van der Waals surface area contributed by atoms with Gasteiger partial charge in [-0.3, -0.25) is 14.4 Å². The van der Waals surface area contributed by atoms with E-state index >= 15 is 0 Å². The molecule has 1 atom stereocenters. The van der Waals surface area contributed by atoms with Gasteiger partial charge < -0.3 is 14.2 Å². The molecular formula is C69H108O6. The predicted molar refractivity (Wildman–Crippen MR) is 325 cm³/mol. The van der Waals surface area contributed by atoms with Crippen molar-refractivity contribution in [2.24, 2.45) is 0 Å². The first kappa shape index (κ1) is 70.0. The van der Waals surface area contributed by atoms with Gasteiger partial charge in [0.05, 0.1) is 0 Å². The van der Waals surface area contributed by atoms with Crippen molar-refractivity contribution in [2.75, 3.05) is 13.2 Å². The summed E-state index contributed by atoms with van der Waals surface area (Å²) >= 11 is 0. The van der Waals surface area contributed by atoms with Crippen LogP contribution < -0.4 is 0 Å². The van der Waals surface area contributed by atoms with E-state index in [2.05, 4.69) is 179 Å². The Morgan fingerprint density at radius 2 is 0.533 bits per heavy atom. The lowest BCUT2D eigenvalue weighted by Crippen LogP contribution is -2.30. The Morgan fingerprint density at radius 1 is 0.280 bits per heavy atom. The third-order valence-electron chi connectivity index (χ3n) is 12.0. The number of esters is 3. The van der Waals surface area contributed by atoms with E-state index in [0.717, 1.165) is 154 Å². The van der Waals surface area contributed by atoms with Crippen LogP contribution in [0.4, 0.5) is 0 Å². The zero-order chi connectivity index (χ0) is 54.3. The predicted octanol–water partition coefficient (Wildman–Crippen LogP) is 20.5. The molecule has 420 valence electrons. The van der Waals surface area contributed by atoms with Crippen LogP contribution in [0.2, 0.25) is 0 Å². The van der Waals surface area contributed by atoms with Gasteiger partial charge in [0.2, 0.25) is 0 Å². The van der Waals surface area contributed by atoms with E-state index in [4.69, 9.17) is 14.2 Å². The molecule has 0 aliphatic rings. The summed E-state index contributed by atoms with van der Waals surface area (Å²) in [4.78, 5) is 38.2. The fraction of sp³-hybridized carbons (Fsp3) is 0.580. The van der Waals surface area contributed by atoms with Crippen LogP contribution in [0.15, 0.2) is 158 Å². The second-order valence-electron chi connectivity index (χ2n) is 19.1. The fourth-order valence-electron chi connectivity index (χ4n) is 7.57. The first-order valence-corrected chi connectivity index (χ1v) is 30.0. The van der Waals surface area contributed by atoms with Crippen molar-refractivity contribution >= 4 is 17.9 Å². The zero-order valence-corrected chi connectivity index (χ0v) is 48.0. The minimum absolute atomic E-state index is 0.116. The molecule has 0 spiro atoms. The highest BCUT2D eigenvalue weighted by Crippen LogP contribution is 2.13. The number of rotatable bonds is 52. The standard InChI is InChI=1S/C69H108O6/c1-4-7-10-13-16-19-22-25-28-30-32-33-34-35-37-38-41-44-47-50-53-56-59-62-68(71)74-65-66(64-73-67(70)61-58-55-52-49-46-43-40-27-24-21-18-15-12-9-6-3)75-69(72)63-60-57-54-51-48-45-42-39-36-31-29-26-23-20-17-14-11-8-5-2/h7-8,10-11,16-21,25-29,32-33,35-37,39-41,44,50,53,66H,4-6,9,12-15,22-24,30-31,34,38,42-43,45-49,51-52,54-65H2,1-3H3/b10-7-,11-8-,19-16-,20-17-,21-18-,28-25-,29-26-,33-32-,37-35-,39-36-,40-27-,44-41-,53-50-. The third kappa shape index (κ3) is 59.8. The van der Waals surface area contributed by atoms with Crippen molar-refractivity contribution in [1.29, 1.82) is 0 Å². The lowest BCUT2D eigenvalue weighted by molar-refractivity contribution is -0.167. The van der Waals surface area contributed by atoms with E-state index < -0.39 is 6.10 Å². The maximum atomic E-state index is 12.9. The second kappa shape index (κ2) is 61.6. The molecule has 75 heavy (non-hydrogen) atoms. The van der Waals surface area contributed by atoms with E-state index in [-0.39, 0.29) is 44.0 Å². The molecule has 0 N–H and O–H groups in total. The quantitative estimate of drug-likeness (QED) is 0.0261. The molecule has 0 aliphatic carbocycles. The number of allylic oxidation sites excluding steroid dienone is 26. The molecule has 0 aromatic rings. The summed E-state index contributed by atoms with van der Waals surface area (Å²) in [5.74, 6) is -1.01. The Morgan fingerprint density at radius 3 is 0.867 bits per heavy atom. The number of hydrogen-bond donors (Lipinski definition) is 0. The molecule has 6 nitrogen and oxygen atoms in total. The van der Waals surface area contributed by atoms with E-state index in [1.54, 1.807) is 0 Å². The minimum atomic E-state index is -0.824. The summed E-state index contributed by atoms with van der Waals surface area (Å²) in [6, 6.07) is 0. The Labute approximate surface area is 460 Å². The van der Waals surface area contributed by atoms with Gasteiger partial charge in [0, 0.05) is 19.3 Å². The molecule has 0 heterocycles. The van der Waals surface area contributed by atoms with Gasteiger partial charge in [-0.1, -0.05) is 237 Å². The molecule has 0 aromatic heterocycles. The van der Waals surface area contributed by atoms with E-state index in [1.807, 2.05) is 0 Å². The van der Waals surface area contributed by atoms with Gasteiger partial charge in [0.25, 0.3) is 0 Å². The molecule has 0 amide bonds. The SMILES string of the molecule is CC/C=C\C/C=C\C/C=C\C/C=C\C/C=C\C/C=C\C/C=C\CCCC(=O)OCC(COC(=O)CCCCCCC/C=C\C/C=C\CCCCC)OC(=O)CCCCCCCC/C=C\C/C=C\C/C=C\C/C=C\CC. The van der Waals surface area contributed by atoms with Gasteiger partial charge in [0.15, 0.2) is 6.10 Å². The van der Waals surface area contributed by atoms with Crippen molar-refractivity contribution in [1.82, 2.24) is 0 Å². The molecule has 0 fully saturated rings. The van der Waals surface area contributed by atoms with Gasteiger partial charge in [-0.15, -0.1) is 0 Å². The second-order valence-corrected chi connectivity index (χ2v) is 19.1. The summed E-state index contributed by atoms with van der Waals surface area (Å²) in [6.07, 6.45) is 89.5. The fourth-order valence-corrected chi connectivity index (χ4v) is 7.57. The molecule has 0 bridgehead atoms. The Hall–Kier alpha value is -4.97. The maximum Gasteiger partial charge on any atom is 0.306 e. The number of carbonyl (C=O) groups excluding carboxylic acids is 3. The highest BCUT2D eigenvalue weighted by molar-refractivity contribution is 5.71. The highest BCUT2D eigenvalue weighted by Gasteiger charge is 2.19. The molecule has 0 aliphatic heterocycles. The Balaban J connectivity index is 4.56. The molecular weight excluding hydrogens is 925 g/mol. The molecule has 0 rings (SSSR count). The first-order valence-electron chi connectivity index (χ1n) is 30.0. The summed E-state index contributed by atoms with van der Waals surface area (Å²) in [7, 11) is 0. The van der Waals surface area contributed by atoms with Gasteiger partial charge in [-0.25, -0.2) is 0 Å². The van der Waals surface area contributed by atoms with Gasteiger partial charge in [-0.2, -0.15) is 0 Å². The third-order valence-corrected chi connectivity index (χ3v) is 12.0. The smallest absolute Gasteiger partial charge is 0.306 e. The van der Waals surface area contributed by atoms with Crippen LogP contribution in [0.5, 0.6) is 0 Å². The Bertz CT molecular complexity index is 1710. The monoisotopic (exact) mass is 1030 g/mol. The van der Waals surface area contributed by atoms with E-state index in [0.29, 0.717) is 12.8 Å². The molecule has 6 heteroatoms. The first-order chi connectivity index (χ1) is 37.0. The average molecular weight is 1030 g/mol. The maximum absolute atomic E-state index is 12.9. The van der Waals surface area contributed by atoms with Gasteiger partial charge in [0.1, 0.15) is 13.2 Å². The average Bonchev–Trinajstić information content (AvgIpc) is 3.41. The van der Waals surface area contributed by atoms with Crippen molar-refractivity contribution in [3.8, 4) is 0 Å². The normalized spacial score (nSPS) is 13.3. The van der Waals surface area contributed by atoms with E-state index in [9.17, 15) is 14.4 Å². The Kier molecular flexibility index (Phi) is 57.5. The summed E-state index contributed by atoms with van der Waals surface area (Å²) in [5, 5.41) is 0. The van der Waals surface area contributed by atoms with Crippen molar-refractivity contribution in [2.45, 2.75) is 245 Å². The van der Waals surface area contributed by atoms with Crippen LogP contribution in [0, 0.1) is 0 Å². The molecule has 0 saturated heterocycles. The number of carbonyl (C=O) groups is 3. The zero-order valence-electron chi connectivity index (χ0n) is 48.0. The van der Waals surface area contributed by atoms with Crippen LogP contribution >= 0.6 is 0 Å². The van der Waals surface area contributed by atoms with Crippen LogP contribution in [-0.4, -0.2) is 37.2 Å². The summed E-state index contributed by atoms with van der Waals surface area (Å²) in [5.41, 5.74) is 0. The number of ether oxygens (including phenoxy) is 3. The molecule has 1 unspecified atom stereocenters. The van der Waals surface area contributed by atoms with Crippen LogP contribution in [0.3, 0.4) is 0 Å². The van der Waals surface area contributed by atoms with Crippen molar-refractivity contribution < 1.29 is 28.6 Å². The molecule has 0 saturated carbocycles. The minimum Gasteiger partial charge on any atom is -0.462 e. The molecule has 0 radical (unpaired) electrons. The van der Waals surface area contributed by atoms with Gasteiger partial charge >= 0.3 is 17.9 Å². The topological polar surface area (TPSA) is 78.9 Å². The lowest BCUT2D eigenvalue weighted by atomic mass is 10.1. The largest absolute Gasteiger partial charge is 0.462 e. The highest BCUT2D eigenvalue weighted by atomic mass is 16.6. The van der Waals surface area contributed by atoms with Gasteiger partial charge in [-0.05, 0) is 141 Å². The summed E-state index contributed by atoms with van der Waals surface area (Å²) < 4.78 is 16.8. The van der Waals surface area contributed by atoms with E-state index in [1.165, 1.54) is 38.5 Å². The van der Waals surface area contributed by atoms with Crippen LogP contribution in [-0.2, 0) is 28.6 Å². The van der Waals surface area contributed by atoms with Crippen molar-refractivity contribution in [3.05, 3.63) is 158 Å². The summed E-state index contributed by atoms with van der Waals surface area (Å²) in [6.45, 7) is 6.30. The lowest BCUT2D eigenvalue weighted by Gasteiger charge is -2.18.